The molecule has 0 aliphatic heterocycles. The second kappa shape index (κ2) is 9.34. The fourth-order valence-electron chi connectivity index (χ4n) is 3.44. The van der Waals surface area contributed by atoms with Gasteiger partial charge in [0.1, 0.15) is 0 Å². The van der Waals surface area contributed by atoms with E-state index in [1.807, 2.05) is 49.4 Å². The Bertz CT molecular complexity index is 1010. The van der Waals surface area contributed by atoms with Gasteiger partial charge in [-0.15, -0.1) is 0 Å². The largest absolute Gasteiger partial charge is 0.388 e. The fourth-order valence-corrected chi connectivity index (χ4v) is 3.44. The van der Waals surface area contributed by atoms with Gasteiger partial charge >= 0.3 is 0 Å². The Balaban J connectivity index is 1.60. The highest BCUT2D eigenvalue weighted by atomic mass is 16.3. The van der Waals surface area contributed by atoms with E-state index in [0.29, 0.717) is 6.42 Å². The molecule has 1 amide bonds. The number of hydrogen-bond donors (Lipinski definition) is 2. The molecule has 2 N–H and O–H groups in total. The summed E-state index contributed by atoms with van der Waals surface area (Å²) in [4.78, 5) is 12.1. The van der Waals surface area contributed by atoms with E-state index < -0.39 is 6.10 Å². The monoisotopic (exact) mass is 389 g/mol. The van der Waals surface area contributed by atoms with Gasteiger partial charge in [-0.25, -0.2) is 5.43 Å². The molecule has 3 aromatic rings. The van der Waals surface area contributed by atoms with Gasteiger partial charge in [0.05, 0.1) is 12.3 Å². The van der Waals surface area contributed by atoms with Crippen LogP contribution in [0.5, 0.6) is 0 Å². The number of amides is 1. The van der Waals surface area contributed by atoms with E-state index in [2.05, 4.69) is 47.1 Å². The average Bonchev–Trinajstić information content (AvgIpc) is 3.00. The number of benzene rings is 2. The quantitative estimate of drug-likeness (QED) is 0.466. The van der Waals surface area contributed by atoms with E-state index in [-0.39, 0.29) is 12.3 Å². The molecule has 0 aliphatic carbocycles. The van der Waals surface area contributed by atoms with Crippen LogP contribution in [0.1, 0.15) is 47.0 Å². The molecule has 1 heterocycles. The number of rotatable bonds is 7. The second-order valence-electron chi connectivity index (χ2n) is 7.21. The van der Waals surface area contributed by atoms with Crippen molar-refractivity contribution in [3.8, 4) is 5.69 Å². The number of nitrogens with zero attached hydrogens (tertiary/aromatic N) is 2. The van der Waals surface area contributed by atoms with Gasteiger partial charge in [-0.2, -0.15) is 5.10 Å². The van der Waals surface area contributed by atoms with E-state index in [9.17, 15) is 9.90 Å². The number of carbonyl (C=O) groups is 1. The van der Waals surface area contributed by atoms with Gasteiger partial charge in [-0.05, 0) is 50.5 Å². The van der Waals surface area contributed by atoms with Crippen LogP contribution in [0.15, 0.2) is 65.8 Å². The van der Waals surface area contributed by atoms with Crippen LogP contribution in [0.25, 0.3) is 5.69 Å². The predicted molar refractivity (Wildman–Crippen MR) is 116 cm³/mol. The lowest BCUT2D eigenvalue weighted by Crippen LogP contribution is -2.18. The lowest BCUT2D eigenvalue weighted by Gasteiger charge is -2.12. The molecule has 1 atom stereocenters. The number of nitrogens with one attached hydrogen (secondary N) is 1. The van der Waals surface area contributed by atoms with Crippen molar-refractivity contribution in [1.82, 2.24) is 9.99 Å². The summed E-state index contributed by atoms with van der Waals surface area (Å²) >= 11 is 0. The number of aryl methyl sites for hydroxylation is 2. The molecule has 0 aliphatic rings. The minimum atomic E-state index is -0.654. The molecule has 1 aromatic heterocycles. The van der Waals surface area contributed by atoms with E-state index in [1.54, 1.807) is 6.21 Å². The lowest BCUT2D eigenvalue weighted by atomic mass is 10.1. The first-order valence-corrected chi connectivity index (χ1v) is 9.77. The summed E-state index contributed by atoms with van der Waals surface area (Å²) in [5, 5.41) is 14.3. The highest BCUT2D eigenvalue weighted by molar-refractivity contribution is 5.84. The number of para-hydroxylation sites is 1. The van der Waals surface area contributed by atoms with Crippen molar-refractivity contribution in [3.63, 3.8) is 0 Å². The molecule has 0 fully saturated rings. The van der Waals surface area contributed by atoms with E-state index in [1.165, 1.54) is 5.56 Å². The van der Waals surface area contributed by atoms with Crippen LogP contribution in [0.2, 0.25) is 0 Å². The van der Waals surface area contributed by atoms with E-state index >= 15 is 0 Å². The SMILES string of the molecule is Cc1ccccc1-n1c(C)cc(/C=N\NC(=O)CC[C@H](O)c2ccccc2)c1C. The van der Waals surface area contributed by atoms with E-state index in [0.717, 1.165) is 28.2 Å². The maximum Gasteiger partial charge on any atom is 0.240 e. The molecule has 0 saturated carbocycles. The molecule has 5 heteroatoms. The Hall–Kier alpha value is -3.18. The summed E-state index contributed by atoms with van der Waals surface area (Å²) < 4.78 is 2.19. The van der Waals surface area contributed by atoms with Crippen molar-refractivity contribution < 1.29 is 9.90 Å². The normalized spacial score (nSPS) is 12.3. The first-order valence-electron chi connectivity index (χ1n) is 9.77. The Labute approximate surface area is 171 Å². The molecule has 0 unspecified atom stereocenters. The summed E-state index contributed by atoms with van der Waals surface area (Å²) in [6.45, 7) is 6.19. The van der Waals surface area contributed by atoms with E-state index in [4.69, 9.17) is 0 Å². The van der Waals surface area contributed by atoms with Crippen molar-refractivity contribution in [1.29, 1.82) is 0 Å². The third-order valence-electron chi connectivity index (χ3n) is 5.05. The average molecular weight is 389 g/mol. The van der Waals surface area contributed by atoms with Crippen molar-refractivity contribution in [2.45, 2.75) is 39.7 Å². The van der Waals surface area contributed by atoms with Gasteiger partial charge in [0.25, 0.3) is 0 Å². The van der Waals surface area contributed by atoms with Crippen molar-refractivity contribution in [3.05, 3.63) is 88.7 Å². The van der Waals surface area contributed by atoms with Crippen LogP contribution in [0.3, 0.4) is 0 Å². The standard InChI is InChI=1S/C24H27N3O2/c1-17-9-7-8-12-22(17)27-18(2)15-21(19(27)3)16-25-26-24(29)14-13-23(28)20-10-5-4-6-11-20/h4-12,15-16,23,28H,13-14H2,1-3H3,(H,26,29)/b25-16-/t23-/m0/s1. The number of hydrogen-bond acceptors (Lipinski definition) is 3. The summed E-state index contributed by atoms with van der Waals surface area (Å²) in [5.41, 5.74) is 8.83. The van der Waals surface area contributed by atoms with Gasteiger partial charge < -0.3 is 9.67 Å². The highest BCUT2D eigenvalue weighted by Gasteiger charge is 2.12. The minimum absolute atomic E-state index is 0.204. The summed E-state index contributed by atoms with van der Waals surface area (Å²) in [5.74, 6) is -0.219. The molecular weight excluding hydrogens is 362 g/mol. The smallest absolute Gasteiger partial charge is 0.240 e. The molecule has 0 radical (unpaired) electrons. The molecular formula is C24H27N3O2. The fraction of sp³-hybridized carbons (Fsp3) is 0.250. The Morgan fingerprint density at radius 2 is 1.79 bits per heavy atom. The molecule has 0 saturated heterocycles. The van der Waals surface area contributed by atoms with Crippen molar-refractivity contribution in [2.24, 2.45) is 5.10 Å². The number of aliphatic hydroxyl groups excluding tert-OH is 1. The van der Waals surface area contributed by atoms with Gasteiger partial charge in [-0.1, -0.05) is 48.5 Å². The molecule has 0 spiro atoms. The first kappa shape index (κ1) is 20.6. The molecule has 2 aromatic carbocycles. The zero-order valence-corrected chi connectivity index (χ0v) is 17.1. The Morgan fingerprint density at radius 1 is 1.10 bits per heavy atom. The van der Waals surface area contributed by atoms with Crippen LogP contribution in [0, 0.1) is 20.8 Å². The van der Waals surface area contributed by atoms with Crippen LogP contribution in [0.4, 0.5) is 0 Å². The molecule has 29 heavy (non-hydrogen) atoms. The van der Waals surface area contributed by atoms with Crippen molar-refractivity contribution >= 4 is 12.1 Å². The highest BCUT2D eigenvalue weighted by Crippen LogP contribution is 2.22. The number of aliphatic hydroxyl groups is 1. The van der Waals surface area contributed by atoms with Crippen molar-refractivity contribution in [2.75, 3.05) is 0 Å². The van der Waals surface area contributed by atoms with Crippen LogP contribution < -0.4 is 5.43 Å². The molecule has 150 valence electrons. The summed E-state index contributed by atoms with van der Waals surface area (Å²) in [6, 6.07) is 19.6. The zero-order valence-electron chi connectivity index (χ0n) is 17.1. The van der Waals surface area contributed by atoms with Gasteiger partial charge in [0.15, 0.2) is 0 Å². The van der Waals surface area contributed by atoms with Gasteiger partial charge in [0.2, 0.25) is 5.91 Å². The number of carbonyl (C=O) groups excluding carboxylic acids is 1. The van der Waals surface area contributed by atoms with Crippen LogP contribution >= 0.6 is 0 Å². The Kier molecular flexibility index (Phi) is 6.62. The maximum absolute atomic E-state index is 12.1. The van der Waals surface area contributed by atoms with Gasteiger partial charge in [0, 0.05) is 29.1 Å². The number of hydrazone groups is 1. The summed E-state index contributed by atoms with van der Waals surface area (Å²) in [7, 11) is 0. The first-order chi connectivity index (χ1) is 14.0. The predicted octanol–water partition coefficient (Wildman–Crippen LogP) is 4.37. The third-order valence-corrected chi connectivity index (χ3v) is 5.05. The zero-order chi connectivity index (χ0) is 20.8. The molecule has 0 bridgehead atoms. The topological polar surface area (TPSA) is 66.6 Å². The molecule has 5 nitrogen and oxygen atoms in total. The second-order valence-corrected chi connectivity index (χ2v) is 7.21. The van der Waals surface area contributed by atoms with Crippen LogP contribution in [-0.4, -0.2) is 21.8 Å². The summed E-state index contributed by atoms with van der Waals surface area (Å²) in [6.07, 6.45) is 1.57. The lowest BCUT2D eigenvalue weighted by molar-refractivity contribution is -0.121. The molecule has 3 rings (SSSR count). The Morgan fingerprint density at radius 3 is 2.52 bits per heavy atom. The van der Waals surface area contributed by atoms with Gasteiger partial charge in [-0.3, -0.25) is 4.79 Å². The number of aromatic nitrogens is 1. The third kappa shape index (κ3) is 5.00. The van der Waals surface area contributed by atoms with Crippen LogP contribution in [-0.2, 0) is 4.79 Å². The minimum Gasteiger partial charge on any atom is -0.388 e. The maximum atomic E-state index is 12.1.